The van der Waals surface area contributed by atoms with E-state index < -0.39 is 45.1 Å². The quantitative estimate of drug-likeness (QED) is 0.399. The van der Waals surface area contributed by atoms with E-state index in [0.29, 0.717) is 0 Å². The van der Waals surface area contributed by atoms with Crippen LogP contribution in [-0.4, -0.2) is 43.5 Å². The second kappa shape index (κ2) is 5.48. The monoisotopic (exact) mass is 414 g/mol. The number of nitrogens with two attached hydrogens (primary N) is 1. The molecule has 0 aliphatic carbocycles. The van der Waals surface area contributed by atoms with Gasteiger partial charge in [-0.1, -0.05) is 0 Å². The summed E-state index contributed by atoms with van der Waals surface area (Å²) in [5, 5.41) is -7.30. The van der Waals surface area contributed by atoms with Gasteiger partial charge in [-0.3, -0.25) is 5.84 Å². The van der Waals surface area contributed by atoms with Crippen LogP contribution < -0.4 is 10.7 Å². The van der Waals surface area contributed by atoms with Gasteiger partial charge in [-0.05, 0) is 0 Å². The Labute approximate surface area is 122 Å². The highest BCUT2D eigenvalue weighted by molar-refractivity contribution is 7.90. The Hall–Kier alpha value is -1.04. The second-order valence-electron chi connectivity index (χ2n) is 3.93. The SMILES string of the molecule is NNS(=O)(=O)C(F)(F)C(F)(F)C(F)(F)C(F)(F)C(F)(F)C(F)(F)F. The first-order chi connectivity index (χ1) is 10.1. The van der Waals surface area contributed by atoms with Crippen molar-refractivity contribution in [2.75, 3.05) is 0 Å². The lowest BCUT2D eigenvalue weighted by Crippen LogP contribution is -2.72. The molecule has 0 fully saturated rings. The Bertz CT molecular complexity index is 580. The zero-order valence-corrected chi connectivity index (χ0v) is 11.0. The van der Waals surface area contributed by atoms with Gasteiger partial charge in [-0.25, -0.2) is 8.42 Å². The zero-order valence-electron chi connectivity index (χ0n) is 10.2. The van der Waals surface area contributed by atoms with Crippen molar-refractivity contribution in [1.29, 1.82) is 0 Å². The molecule has 0 spiro atoms. The third kappa shape index (κ3) is 2.67. The Kier molecular flexibility index (Phi) is 5.24. The van der Waals surface area contributed by atoms with Crippen LogP contribution in [0.1, 0.15) is 0 Å². The van der Waals surface area contributed by atoms with Crippen LogP contribution in [0.4, 0.5) is 57.1 Å². The summed E-state index contributed by atoms with van der Waals surface area (Å²) in [6.45, 7) is 0. The van der Waals surface area contributed by atoms with E-state index in [4.69, 9.17) is 0 Å². The molecule has 0 aromatic carbocycles. The molecular formula is C6H3F13N2O2S. The lowest BCUT2D eigenvalue weighted by molar-refractivity contribution is -0.433. The van der Waals surface area contributed by atoms with E-state index in [1.807, 2.05) is 0 Å². The maximum absolute atomic E-state index is 12.9. The van der Waals surface area contributed by atoms with Gasteiger partial charge in [0, 0.05) is 0 Å². The third-order valence-electron chi connectivity index (χ3n) is 2.40. The topological polar surface area (TPSA) is 72.2 Å². The molecule has 0 saturated carbocycles. The van der Waals surface area contributed by atoms with E-state index in [1.165, 1.54) is 0 Å². The summed E-state index contributed by atoms with van der Waals surface area (Å²) in [6.07, 6.45) is -7.57. The van der Waals surface area contributed by atoms with Gasteiger partial charge in [0.1, 0.15) is 0 Å². The molecule has 0 amide bonds. The minimum Gasteiger partial charge on any atom is -0.258 e. The molecule has 0 aromatic heterocycles. The van der Waals surface area contributed by atoms with Gasteiger partial charge >= 0.3 is 35.1 Å². The second-order valence-corrected chi connectivity index (χ2v) is 5.69. The van der Waals surface area contributed by atoms with Crippen LogP contribution in [0.15, 0.2) is 0 Å². The molecule has 4 nitrogen and oxygen atoms in total. The summed E-state index contributed by atoms with van der Waals surface area (Å²) in [4.78, 5) is -0.166. The lowest BCUT2D eigenvalue weighted by atomic mass is 9.98. The molecule has 0 aliphatic heterocycles. The molecule has 24 heavy (non-hydrogen) atoms. The molecule has 0 atom stereocenters. The van der Waals surface area contributed by atoms with Crippen LogP contribution in [0.5, 0.6) is 0 Å². The predicted octanol–water partition coefficient (Wildman–Crippen LogP) is 2.48. The number of rotatable bonds is 6. The molecule has 3 N–H and O–H groups in total. The zero-order chi connectivity index (χ0) is 20.2. The molecule has 0 saturated heterocycles. The highest BCUT2D eigenvalue weighted by Crippen LogP contribution is 2.60. The number of halogens is 13. The summed E-state index contributed by atoms with van der Waals surface area (Å²) in [6, 6.07) is 0. The Morgan fingerprint density at radius 1 is 0.583 bits per heavy atom. The van der Waals surface area contributed by atoms with Crippen molar-refractivity contribution in [3.05, 3.63) is 0 Å². The van der Waals surface area contributed by atoms with Gasteiger partial charge < -0.3 is 0 Å². The first-order valence-electron chi connectivity index (χ1n) is 4.74. The lowest BCUT2D eigenvalue weighted by Gasteiger charge is -2.39. The average Bonchev–Trinajstić information content (AvgIpc) is 2.36. The fourth-order valence-electron chi connectivity index (χ4n) is 0.998. The minimum atomic E-state index is -8.19. The molecule has 0 aliphatic rings. The van der Waals surface area contributed by atoms with Gasteiger partial charge in [-0.15, -0.1) is 4.83 Å². The number of nitrogens with one attached hydrogen (secondary N) is 1. The van der Waals surface area contributed by atoms with Gasteiger partial charge in [0.2, 0.25) is 0 Å². The summed E-state index contributed by atoms with van der Waals surface area (Å²) < 4.78 is 183. The molecule has 0 heterocycles. The molecular weight excluding hydrogens is 411 g/mol. The minimum absolute atomic E-state index is 0.166. The molecule has 0 bridgehead atoms. The summed E-state index contributed by atoms with van der Waals surface area (Å²) in [5.74, 6) is -28.4. The molecule has 146 valence electrons. The largest absolute Gasteiger partial charge is 0.460 e. The van der Waals surface area contributed by atoms with Crippen molar-refractivity contribution in [2.24, 2.45) is 5.84 Å². The summed E-state index contributed by atoms with van der Waals surface area (Å²) in [7, 11) is -7.07. The third-order valence-corrected chi connectivity index (χ3v) is 3.64. The van der Waals surface area contributed by atoms with E-state index in [9.17, 15) is 65.5 Å². The number of hydrazine groups is 1. The normalized spacial score (nSPS) is 16.4. The fraction of sp³-hybridized carbons (Fsp3) is 1.00. The smallest absolute Gasteiger partial charge is 0.258 e. The number of hydrogen-bond acceptors (Lipinski definition) is 3. The van der Waals surface area contributed by atoms with E-state index in [2.05, 4.69) is 5.84 Å². The van der Waals surface area contributed by atoms with Crippen LogP contribution >= 0.6 is 0 Å². The van der Waals surface area contributed by atoms with Crippen molar-refractivity contribution in [1.82, 2.24) is 4.83 Å². The standard InChI is InChI=1S/C6H3F13N2O2S/c7-1(8,3(11,12)5(15,16)17)2(9,10)4(13,14)6(18,19)24(22,23)21-20/h21H,20H2. The Balaban J connectivity index is 6.52. The van der Waals surface area contributed by atoms with Crippen molar-refractivity contribution in [3.63, 3.8) is 0 Å². The number of sulfonamides is 1. The number of hydrogen-bond donors (Lipinski definition) is 2. The van der Waals surface area contributed by atoms with Crippen molar-refractivity contribution < 1.29 is 65.5 Å². The van der Waals surface area contributed by atoms with E-state index in [1.54, 1.807) is 0 Å². The molecule has 0 unspecified atom stereocenters. The van der Waals surface area contributed by atoms with Gasteiger partial charge in [0.05, 0.1) is 0 Å². The molecule has 0 aromatic rings. The number of alkyl halides is 13. The van der Waals surface area contributed by atoms with Gasteiger partial charge in [0.15, 0.2) is 0 Å². The first kappa shape index (κ1) is 23.0. The Morgan fingerprint density at radius 2 is 0.875 bits per heavy atom. The average molecular weight is 414 g/mol. The van der Waals surface area contributed by atoms with Gasteiger partial charge in [0.25, 0.3) is 10.0 Å². The van der Waals surface area contributed by atoms with Crippen LogP contribution in [0.25, 0.3) is 0 Å². The maximum atomic E-state index is 12.9. The maximum Gasteiger partial charge on any atom is 0.460 e. The van der Waals surface area contributed by atoms with Crippen LogP contribution in [0.2, 0.25) is 0 Å². The summed E-state index contributed by atoms with van der Waals surface area (Å²) in [5.41, 5.74) is 0. The van der Waals surface area contributed by atoms with Crippen molar-refractivity contribution in [2.45, 2.75) is 35.1 Å². The van der Waals surface area contributed by atoms with Gasteiger partial charge in [-0.2, -0.15) is 57.1 Å². The highest BCUT2D eigenvalue weighted by Gasteiger charge is 2.92. The first-order valence-corrected chi connectivity index (χ1v) is 6.22. The van der Waals surface area contributed by atoms with E-state index in [0.717, 1.165) is 0 Å². The predicted molar refractivity (Wildman–Crippen MR) is 47.0 cm³/mol. The van der Waals surface area contributed by atoms with Crippen LogP contribution in [0, 0.1) is 0 Å². The fourth-order valence-corrected chi connectivity index (χ4v) is 1.61. The van der Waals surface area contributed by atoms with Crippen molar-refractivity contribution in [3.8, 4) is 0 Å². The van der Waals surface area contributed by atoms with Crippen LogP contribution in [-0.2, 0) is 10.0 Å². The van der Waals surface area contributed by atoms with Crippen LogP contribution in [0.3, 0.4) is 0 Å². The summed E-state index contributed by atoms with van der Waals surface area (Å²) >= 11 is 0. The highest BCUT2D eigenvalue weighted by atomic mass is 32.2. The van der Waals surface area contributed by atoms with Crippen molar-refractivity contribution >= 4 is 10.0 Å². The molecule has 0 rings (SSSR count). The van der Waals surface area contributed by atoms with E-state index >= 15 is 0 Å². The molecule has 0 radical (unpaired) electrons. The molecule has 18 heteroatoms. The Morgan fingerprint density at radius 3 is 1.12 bits per heavy atom. The van der Waals surface area contributed by atoms with E-state index in [-0.39, 0.29) is 4.83 Å².